The van der Waals surface area contributed by atoms with Crippen LogP contribution in [0.4, 0.5) is 0 Å². The molecule has 11 heteroatoms. The molecule has 0 bridgehead atoms. The zero-order chi connectivity index (χ0) is 40.3. The lowest BCUT2D eigenvalue weighted by molar-refractivity contribution is 0.0960. The van der Waals surface area contributed by atoms with Gasteiger partial charge in [-0.3, -0.25) is 13.8 Å². The summed E-state index contributed by atoms with van der Waals surface area (Å²) in [7, 11) is -8.45. The standard InChI is InChI=1S/C46H53N2O7PS/c1-4-53-56(50,54-5-2)55-44(45(33-28-37-18-10-6-11-19-37)57(51,52)41-29-26-36(3)27-30-41)32-31-43(49)42-34-47-35-48(42)46(38-20-12-7-13-21-38,39-22-14-8-15-23-39)40-24-16-9-17-25-40/h7-9,12-17,20-27,29-30,34-35,37H,4-6,10-11,18-19,28,31-33H2,1-3H3. The quantitative estimate of drug-likeness (QED) is 0.0351. The second-order valence-electron chi connectivity index (χ2n) is 14.5. The number of phosphoric acid groups is 1. The molecule has 4 aromatic carbocycles. The summed E-state index contributed by atoms with van der Waals surface area (Å²) < 4.78 is 62.6. The minimum absolute atomic E-state index is 0.00529. The van der Waals surface area contributed by atoms with Crippen LogP contribution in [0.2, 0.25) is 0 Å². The van der Waals surface area contributed by atoms with Gasteiger partial charge in [0.1, 0.15) is 17.0 Å². The Hall–Kier alpha value is -4.60. The van der Waals surface area contributed by atoms with Gasteiger partial charge in [0, 0.05) is 12.8 Å². The summed E-state index contributed by atoms with van der Waals surface area (Å²) in [5.41, 5.74) is 2.98. The average Bonchev–Trinajstić information content (AvgIpc) is 3.72. The normalized spacial score (nSPS) is 14.6. The van der Waals surface area contributed by atoms with E-state index in [0.29, 0.717) is 18.0 Å². The molecule has 1 aromatic heterocycles. The van der Waals surface area contributed by atoms with Crippen LogP contribution >= 0.6 is 7.82 Å². The summed E-state index contributed by atoms with van der Waals surface area (Å²) in [5, 5.41) is 0. The smallest absolute Gasteiger partial charge is 0.407 e. The number of aryl methyl sites for hydroxylation is 1. The van der Waals surface area contributed by atoms with Crippen LogP contribution < -0.4 is 0 Å². The second-order valence-corrected chi connectivity index (χ2v) is 18.0. The van der Waals surface area contributed by atoms with Crippen molar-refractivity contribution in [2.75, 3.05) is 13.2 Å². The van der Waals surface area contributed by atoms with Gasteiger partial charge in [0.15, 0.2) is 5.78 Å². The van der Waals surface area contributed by atoms with E-state index in [2.05, 4.69) is 4.98 Å². The van der Waals surface area contributed by atoms with Crippen LogP contribution in [0.3, 0.4) is 0 Å². The molecule has 0 unspecified atom stereocenters. The first-order chi connectivity index (χ1) is 27.6. The Morgan fingerprint density at radius 3 is 1.79 bits per heavy atom. The van der Waals surface area contributed by atoms with Crippen molar-refractivity contribution in [3.63, 3.8) is 0 Å². The predicted molar refractivity (Wildman–Crippen MR) is 224 cm³/mol. The molecular formula is C46H53N2O7PS. The summed E-state index contributed by atoms with van der Waals surface area (Å²) >= 11 is 0. The number of imidazole rings is 1. The number of allylic oxidation sites excluding steroid dienone is 2. The maximum atomic E-state index is 14.8. The predicted octanol–water partition coefficient (Wildman–Crippen LogP) is 11.2. The molecule has 0 atom stereocenters. The molecule has 1 aliphatic rings. The number of Topliss-reactive ketones (excluding diaryl/α,β-unsaturated/α-hetero) is 1. The molecule has 0 radical (unpaired) electrons. The SMILES string of the molecule is CCOP(=O)(OCC)OC(CCC(=O)c1cncn1C(c1ccccc1)(c1ccccc1)c1ccccc1)=C(CCC1CCCCC1)S(=O)(=O)c1ccc(C)cc1. The van der Waals surface area contributed by atoms with Crippen molar-refractivity contribution in [3.8, 4) is 0 Å². The summed E-state index contributed by atoms with van der Waals surface area (Å²) in [4.78, 5) is 19.4. The van der Waals surface area contributed by atoms with E-state index in [0.717, 1.165) is 47.9 Å². The lowest BCUT2D eigenvalue weighted by Crippen LogP contribution is -2.39. The highest BCUT2D eigenvalue weighted by Crippen LogP contribution is 2.53. The molecule has 300 valence electrons. The van der Waals surface area contributed by atoms with Gasteiger partial charge in [0.25, 0.3) is 0 Å². The van der Waals surface area contributed by atoms with E-state index < -0.39 is 23.2 Å². The van der Waals surface area contributed by atoms with E-state index in [4.69, 9.17) is 13.6 Å². The molecule has 9 nitrogen and oxygen atoms in total. The third-order valence-corrected chi connectivity index (χ3v) is 14.3. The fourth-order valence-corrected chi connectivity index (χ4v) is 10.9. The van der Waals surface area contributed by atoms with E-state index in [1.807, 2.05) is 102 Å². The minimum atomic E-state index is -4.28. The summed E-state index contributed by atoms with van der Waals surface area (Å²) in [5.74, 6) is -0.0499. The van der Waals surface area contributed by atoms with E-state index in [9.17, 15) is 17.8 Å². The van der Waals surface area contributed by atoms with Gasteiger partial charge in [-0.05, 0) is 68.4 Å². The average molecular weight is 809 g/mol. The molecule has 1 fully saturated rings. The van der Waals surface area contributed by atoms with Crippen molar-refractivity contribution in [1.29, 1.82) is 0 Å². The first-order valence-electron chi connectivity index (χ1n) is 20.0. The van der Waals surface area contributed by atoms with Gasteiger partial charge in [0.2, 0.25) is 9.84 Å². The summed E-state index contributed by atoms with van der Waals surface area (Å²) in [6, 6.07) is 36.6. The number of benzene rings is 4. The fraction of sp³-hybridized carbons (Fsp3) is 0.348. The van der Waals surface area contributed by atoms with Crippen molar-refractivity contribution in [2.24, 2.45) is 5.92 Å². The Bertz CT molecular complexity index is 2150. The van der Waals surface area contributed by atoms with Gasteiger partial charge >= 0.3 is 7.82 Å². The number of aromatic nitrogens is 2. The number of sulfone groups is 1. The number of nitrogens with zero attached hydrogens (tertiary/aromatic N) is 2. The molecule has 1 heterocycles. The number of phosphoric ester groups is 1. The molecule has 57 heavy (non-hydrogen) atoms. The summed E-state index contributed by atoms with van der Waals surface area (Å²) in [6.45, 7) is 5.23. The van der Waals surface area contributed by atoms with Crippen molar-refractivity contribution >= 4 is 23.4 Å². The third kappa shape index (κ3) is 9.58. The Kier molecular flexibility index (Phi) is 14.2. The monoisotopic (exact) mass is 808 g/mol. The van der Waals surface area contributed by atoms with Gasteiger partial charge in [-0.2, -0.15) is 0 Å². The van der Waals surface area contributed by atoms with Gasteiger partial charge in [0.05, 0.1) is 35.5 Å². The Labute approximate surface area is 337 Å². The molecular weight excluding hydrogens is 756 g/mol. The van der Waals surface area contributed by atoms with Crippen molar-refractivity contribution < 1.29 is 31.3 Å². The zero-order valence-corrected chi connectivity index (χ0v) is 34.8. The number of carbonyl (C=O) groups is 1. The van der Waals surface area contributed by atoms with E-state index in [1.165, 1.54) is 6.42 Å². The van der Waals surface area contributed by atoms with Gasteiger partial charge in [-0.1, -0.05) is 141 Å². The number of rotatable bonds is 19. The first kappa shape index (κ1) is 42.0. The van der Waals surface area contributed by atoms with Crippen LogP contribution in [0, 0.1) is 12.8 Å². The van der Waals surface area contributed by atoms with Crippen LogP contribution in [0.5, 0.6) is 0 Å². The molecule has 1 aliphatic carbocycles. The molecule has 0 aliphatic heterocycles. The van der Waals surface area contributed by atoms with Gasteiger partial charge in [-0.15, -0.1) is 0 Å². The molecule has 0 amide bonds. The first-order valence-corrected chi connectivity index (χ1v) is 22.9. The topological polar surface area (TPSA) is 114 Å². The fourth-order valence-electron chi connectivity index (χ4n) is 7.95. The summed E-state index contributed by atoms with van der Waals surface area (Å²) in [6.07, 6.45) is 9.02. The van der Waals surface area contributed by atoms with Crippen molar-refractivity contribution in [1.82, 2.24) is 9.55 Å². The van der Waals surface area contributed by atoms with E-state index >= 15 is 0 Å². The molecule has 5 aromatic rings. The lowest BCUT2D eigenvalue weighted by atomic mass is 9.76. The maximum absolute atomic E-state index is 14.8. The highest BCUT2D eigenvalue weighted by Gasteiger charge is 2.41. The third-order valence-electron chi connectivity index (χ3n) is 10.7. The van der Waals surface area contributed by atoms with Crippen LogP contribution in [-0.2, 0) is 33.5 Å². The second kappa shape index (κ2) is 19.2. The van der Waals surface area contributed by atoms with Crippen LogP contribution in [-0.4, -0.2) is 37.0 Å². The largest absolute Gasteiger partial charge is 0.529 e. The Morgan fingerprint density at radius 1 is 0.754 bits per heavy atom. The van der Waals surface area contributed by atoms with Gasteiger partial charge < -0.3 is 9.09 Å². The number of hydrogen-bond acceptors (Lipinski definition) is 8. The molecule has 0 saturated heterocycles. The zero-order valence-electron chi connectivity index (χ0n) is 33.1. The number of hydrogen-bond donors (Lipinski definition) is 0. The van der Waals surface area contributed by atoms with Crippen LogP contribution in [0.1, 0.15) is 104 Å². The lowest BCUT2D eigenvalue weighted by Gasteiger charge is -2.38. The highest BCUT2D eigenvalue weighted by atomic mass is 32.2. The van der Waals surface area contributed by atoms with Crippen LogP contribution in [0.15, 0.2) is 143 Å². The minimum Gasteiger partial charge on any atom is -0.407 e. The Balaban J connectivity index is 1.47. The van der Waals surface area contributed by atoms with E-state index in [1.54, 1.807) is 50.6 Å². The van der Waals surface area contributed by atoms with E-state index in [-0.39, 0.29) is 53.8 Å². The van der Waals surface area contributed by atoms with Crippen molar-refractivity contribution in [3.05, 3.63) is 166 Å². The highest BCUT2D eigenvalue weighted by molar-refractivity contribution is 7.95. The molecule has 6 rings (SSSR count). The van der Waals surface area contributed by atoms with Crippen LogP contribution in [0.25, 0.3) is 0 Å². The Morgan fingerprint density at radius 2 is 1.28 bits per heavy atom. The van der Waals surface area contributed by atoms with Crippen molar-refractivity contribution in [2.45, 2.75) is 89.0 Å². The number of ketones is 1. The molecule has 1 saturated carbocycles. The maximum Gasteiger partial charge on any atom is 0.529 e. The number of carbonyl (C=O) groups excluding carboxylic acids is 1. The van der Waals surface area contributed by atoms with Gasteiger partial charge in [-0.25, -0.2) is 18.0 Å². The molecule has 0 N–H and O–H groups in total. The molecule has 0 spiro atoms.